The first kappa shape index (κ1) is 16.1. The van der Waals surface area contributed by atoms with Crippen LogP contribution in [-0.4, -0.2) is 16.0 Å². The summed E-state index contributed by atoms with van der Waals surface area (Å²) in [6.45, 7) is 4.51. The second kappa shape index (κ2) is 6.81. The highest BCUT2D eigenvalue weighted by atomic mass is 32.1. The lowest BCUT2D eigenvalue weighted by Crippen LogP contribution is -2.13. The molecule has 3 rings (SSSR count). The first-order valence-corrected chi connectivity index (χ1v) is 8.33. The molecule has 122 valence electrons. The Kier molecular flexibility index (Phi) is 4.58. The van der Waals surface area contributed by atoms with E-state index in [2.05, 4.69) is 26.7 Å². The largest absolute Gasteiger partial charge is 0.365 e. The Morgan fingerprint density at radius 3 is 2.67 bits per heavy atom. The molecule has 0 saturated carbocycles. The van der Waals surface area contributed by atoms with Crippen molar-refractivity contribution < 1.29 is 4.39 Å². The molecular formula is C17H16FN5S. The normalized spacial score (nSPS) is 10.8. The number of benzene rings is 1. The van der Waals surface area contributed by atoms with E-state index in [1.54, 1.807) is 12.1 Å². The molecule has 2 N–H and O–H groups in total. The number of nitrogens with one attached hydrogen (secondary N) is 2. The van der Waals surface area contributed by atoms with Crippen molar-refractivity contribution in [1.82, 2.24) is 9.97 Å². The van der Waals surface area contributed by atoms with Gasteiger partial charge in [-0.3, -0.25) is 0 Å². The van der Waals surface area contributed by atoms with Crippen LogP contribution in [0.3, 0.4) is 0 Å². The molecule has 2 heterocycles. The average molecular weight is 341 g/mol. The third-order valence-corrected chi connectivity index (χ3v) is 4.14. The number of halogens is 1. The van der Waals surface area contributed by atoms with Gasteiger partial charge in [-0.15, -0.1) is 0 Å². The van der Waals surface area contributed by atoms with Crippen LogP contribution in [0.5, 0.6) is 0 Å². The molecule has 3 aromatic rings. The minimum atomic E-state index is -0.289. The van der Waals surface area contributed by atoms with Crippen LogP contribution in [-0.2, 0) is 6.54 Å². The van der Waals surface area contributed by atoms with Gasteiger partial charge in [0.05, 0.1) is 17.0 Å². The summed E-state index contributed by atoms with van der Waals surface area (Å²) in [7, 11) is 0. The van der Waals surface area contributed by atoms with Crippen molar-refractivity contribution in [2.45, 2.75) is 26.4 Å². The number of fused-ring (bicyclic) bond motifs is 1. The van der Waals surface area contributed by atoms with E-state index in [1.165, 1.54) is 6.07 Å². The van der Waals surface area contributed by atoms with Crippen LogP contribution in [0, 0.1) is 16.5 Å². The standard InChI is InChI=1S/C17H16FN5S/c1-10(2)21-17-22-15(13-7-14(18)24-16(13)23-17)20-9-12-5-3-11(8-19)4-6-12/h3-7,10H,9H2,1-2H3,(H2,20,21,22,23). The number of hydrogen-bond donors (Lipinski definition) is 2. The molecule has 0 fully saturated rings. The number of thiophene rings is 1. The van der Waals surface area contributed by atoms with Crippen molar-refractivity contribution in [3.8, 4) is 6.07 Å². The fraction of sp³-hybridized carbons (Fsp3) is 0.235. The molecule has 0 aliphatic rings. The summed E-state index contributed by atoms with van der Waals surface area (Å²) in [5.41, 5.74) is 1.63. The van der Waals surface area contributed by atoms with Crippen LogP contribution in [0.1, 0.15) is 25.0 Å². The molecule has 7 heteroatoms. The third-order valence-electron chi connectivity index (χ3n) is 3.32. The van der Waals surface area contributed by atoms with Crippen LogP contribution in [0.15, 0.2) is 30.3 Å². The van der Waals surface area contributed by atoms with Crippen LogP contribution >= 0.6 is 11.3 Å². The average Bonchev–Trinajstić information content (AvgIpc) is 2.92. The molecule has 24 heavy (non-hydrogen) atoms. The van der Waals surface area contributed by atoms with Crippen LogP contribution in [0.25, 0.3) is 10.2 Å². The fourth-order valence-corrected chi connectivity index (χ4v) is 2.99. The van der Waals surface area contributed by atoms with Gasteiger partial charge >= 0.3 is 0 Å². The number of nitrogens with zero attached hydrogens (tertiary/aromatic N) is 3. The van der Waals surface area contributed by atoms with E-state index < -0.39 is 0 Å². The van der Waals surface area contributed by atoms with Gasteiger partial charge in [-0.2, -0.15) is 14.6 Å². The molecule has 0 aliphatic carbocycles. The predicted molar refractivity (Wildman–Crippen MR) is 94.6 cm³/mol. The molecule has 0 unspecified atom stereocenters. The van der Waals surface area contributed by atoms with Gasteiger partial charge in [-0.1, -0.05) is 23.5 Å². The summed E-state index contributed by atoms with van der Waals surface area (Å²) in [6.07, 6.45) is 0. The second-order valence-corrected chi connectivity index (χ2v) is 6.61. The van der Waals surface area contributed by atoms with Crippen molar-refractivity contribution >= 4 is 33.3 Å². The molecule has 0 saturated heterocycles. The Labute approximate surface area is 143 Å². The molecule has 0 spiro atoms. The number of nitriles is 1. The molecule has 1 aromatic carbocycles. The zero-order chi connectivity index (χ0) is 17.1. The van der Waals surface area contributed by atoms with E-state index in [1.807, 2.05) is 26.0 Å². The van der Waals surface area contributed by atoms with E-state index in [0.29, 0.717) is 34.1 Å². The highest BCUT2D eigenvalue weighted by Crippen LogP contribution is 2.29. The van der Waals surface area contributed by atoms with Gasteiger partial charge in [-0.25, -0.2) is 4.98 Å². The monoisotopic (exact) mass is 341 g/mol. The highest BCUT2D eigenvalue weighted by Gasteiger charge is 2.12. The quantitative estimate of drug-likeness (QED) is 0.730. The highest BCUT2D eigenvalue weighted by molar-refractivity contribution is 7.17. The van der Waals surface area contributed by atoms with Gasteiger partial charge in [0, 0.05) is 12.6 Å². The lowest BCUT2D eigenvalue weighted by Gasteiger charge is -2.11. The van der Waals surface area contributed by atoms with Crippen molar-refractivity contribution in [3.63, 3.8) is 0 Å². The summed E-state index contributed by atoms with van der Waals surface area (Å²) >= 11 is 1.00. The Hall–Kier alpha value is -2.72. The van der Waals surface area contributed by atoms with E-state index in [4.69, 9.17) is 5.26 Å². The fourth-order valence-electron chi connectivity index (χ4n) is 2.23. The van der Waals surface area contributed by atoms with E-state index >= 15 is 0 Å². The van der Waals surface area contributed by atoms with Gasteiger partial charge < -0.3 is 10.6 Å². The lowest BCUT2D eigenvalue weighted by atomic mass is 10.1. The van der Waals surface area contributed by atoms with Gasteiger partial charge in [0.25, 0.3) is 0 Å². The van der Waals surface area contributed by atoms with Crippen LogP contribution in [0.2, 0.25) is 0 Å². The summed E-state index contributed by atoms with van der Waals surface area (Å²) in [5, 5.41) is 15.6. The maximum atomic E-state index is 13.6. The van der Waals surface area contributed by atoms with Gasteiger partial charge in [0.1, 0.15) is 10.6 Å². The first-order valence-electron chi connectivity index (χ1n) is 7.51. The second-order valence-electron chi connectivity index (χ2n) is 5.63. The van der Waals surface area contributed by atoms with E-state index in [-0.39, 0.29) is 11.2 Å². The number of rotatable bonds is 5. The zero-order valence-electron chi connectivity index (χ0n) is 13.3. The summed E-state index contributed by atoms with van der Waals surface area (Å²) < 4.78 is 13.6. The first-order chi connectivity index (χ1) is 11.5. The zero-order valence-corrected chi connectivity index (χ0v) is 14.1. The van der Waals surface area contributed by atoms with Crippen LogP contribution < -0.4 is 10.6 Å². The SMILES string of the molecule is CC(C)Nc1nc(NCc2ccc(C#N)cc2)c2cc(F)sc2n1. The summed E-state index contributed by atoms with van der Waals surface area (Å²) in [5.74, 6) is 1.06. The molecule has 5 nitrogen and oxygen atoms in total. The minimum absolute atomic E-state index is 0.179. The summed E-state index contributed by atoms with van der Waals surface area (Å²) in [6, 6.07) is 11.0. The van der Waals surface area contributed by atoms with Gasteiger partial charge in [-0.05, 0) is 37.6 Å². The number of aromatic nitrogens is 2. The summed E-state index contributed by atoms with van der Waals surface area (Å²) in [4.78, 5) is 9.42. The Bertz CT molecular complexity index is 896. The molecule has 2 aromatic heterocycles. The van der Waals surface area contributed by atoms with Gasteiger partial charge in [0.15, 0.2) is 5.13 Å². The Balaban J connectivity index is 1.87. The smallest absolute Gasteiger partial charge is 0.226 e. The minimum Gasteiger partial charge on any atom is -0.365 e. The maximum Gasteiger partial charge on any atom is 0.226 e. The molecule has 0 aliphatic heterocycles. The number of anilines is 2. The lowest BCUT2D eigenvalue weighted by molar-refractivity contribution is 0.658. The molecule has 0 radical (unpaired) electrons. The Morgan fingerprint density at radius 1 is 1.25 bits per heavy atom. The van der Waals surface area contributed by atoms with Crippen molar-refractivity contribution in [2.75, 3.05) is 10.6 Å². The molecule has 0 bridgehead atoms. The maximum absolute atomic E-state index is 13.6. The van der Waals surface area contributed by atoms with E-state index in [0.717, 1.165) is 16.9 Å². The van der Waals surface area contributed by atoms with Crippen molar-refractivity contribution in [2.24, 2.45) is 0 Å². The number of hydrogen-bond acceptors (Lipinski definition) is 6. The topological polar surface area (TPSA) is 73.6 Å². The molecular weight excluding hydrogens is 325 g/mol. The van der Waals surface area contributed by atoms with E-state index in [9.17, 15) is 4.39 Å². The van der Waals surface area contributed by atoms with Crippen molar-refractivity contribution in [1.29, 1.82) is 5.26 Å². The van der Waals surface area contributed by atoms with Crippen molar-refractivity contribution in [3.05, 3.63) is 46.6 Å². The molecule has 0 amide bonds. The molecule has 0 atom stereocenters. The predicted octanol–water partition coefficient (Wildman–Crippen LogP) is 4.13. The third kappa shape index (κ3) is 3.60. The van der Waals surface area contributed by atoms with Gasteiger partial charge in [0.2, 0.25) is 5.95 Å². The Morgan fingerprint density at radius 2 is 2.00 bits per heavy atom. The van der Waals surface area contributed by atoms with Crippen LogP contribution in [0.4, 0.5) is 16.2 Å².